The minimum absolute atomic E-state index is 0.112. The molecule has 3 fully saturated rings. The van der Waals surface area contributed by atoms with Crippen LogP contribution in [-0.2, 0) is 0 Å². The Bertz CT molecular complexity index is 796. The smallest absolute Gasteiger partial charge is 0.152 e. The Morgan fingerprint density at radius 3 is 1.91 bits per heavy atom. The monoisotopic (exact) mass is 502 g/mol. The highest BCUT2D eigenvalue weighted by atomic mass is 35.5. The van der Waals surface area contributed by atoms with E-state index in [1.165, 1.54) is 83.5 Å². The second kappa shape index (κ2) is 13.5. The maximum atomic E-state index is 14.8. The minimum Gasteiger partial charge on any atom is -0.492 e. The third kappa shape index (κ3) is 7.27. The Labute approximate surface area is 219 Å². The summed E-state index contributed by atoms with van der Waals surface area (Å²) in [6, 6.07) is 3.61. The lowest BCUT2D eigenvalue weighted by Gasteiger charge is -2.41. The van der Waals surface area contributed by atoms with Crippen LogP contribution in [0.2, 0.25) is 5.02 Å². The van der Waals surface area contributed by atoms with Gasteiger partial charge < -0.3 is 4.74 Å². The van der Waals surface area contributed by atoms with Crippen LogP contribution in [0.5, 0.6) is 5.75 Å². The number of hydrogen-bond acceptors (Lipinski definition) is 1. The van der Waals surface area contributed by atoms with Crippen LogP contribution in [0.3, 0.4) is 0 Å². The summed E-state index contributed by atoms with van der Waals surface area (Å²) >= 11 is 6.24. The summed E-state index contributed by atoms with van der Waals surface area (Å²) in [5.74, 6) is 5.62. The molecular formula is C32H48ClFO. The summed E-state index contributed by atoms with van der Waals surface area (Å²) in [4.78, 5) is 0. The van der Waals surface area contributed by atoms with E-state index in [0.717, 1.165) is 42.4 Å². The third-order valence-corrected chi connectivity index (χ3v) is 10.2. The Morgan fingerprint density at radius 1 is 0.829 bits per heavy atom. The molecule has 1 aromatic carbocycles. The third-order valence-electron chi connectivity index (χ3n) is 9.82. The highest BCUT2D eigenvalue weighted by Gasteiger charge is 2.34. The van der Waals surface area contributed by atoms with Gasteiger partial charge in [0.2, 0.25) is 0 Å². The van der Waals surface area contributed by atoms with E-state index in [4.69, 9.17) is 16.3 Å². The summed E-state index contributed by atoms with van der Waals surface area (Å²) in [5, 5.41) is 0.112. The van der Waals surface area contributed by atoms with Crippen LogP contribution in [0.1, 0.15) is 116 Å². The van der Waals surface area contributed by atoms with Gasteiger partial charge in [-0.05, 0) is 118 Å². The molecule has 0 N–H and O–H groups in total. The molecule has 0 aromatic heterocycles. The first kappa shape index (κ1) is 27.0. The molecule has 3 aliphatic rings. The molecule has 0 bridgehead atoms. The predicted octanol–water partition coefficient (Wildman–Crippen LogP) is 10.5. The fourth-order valence-corrected chi connectivity index (χ4v) is 7.54. The maximum absolute atomic E-state index is 14.8. The normalized spacial score (nSPS) is 32.1. The van der Waals surface area contributed by atoms with Gasteiger partial charge in [0, 0.05) is 5.56 Å². The molecule has 0 aliphatic heterocycles. The van der Waals surface area contributed by atoms with E-state index < -0.39 is 0 Å². The number of rotatable bonds is 9. The number of allylic oxidation sites excluding steroid dienone is 1. The molecule has 4 rings (SSSR count). The molecule has 0 heterocycles. The van der Waals surface area contributed by atoms with Gasteiger partial charge in [0.25, 0.3) is 0 Å². The topological polar surface area (TPSA) is 9.23 Å². The van der Waals surface area contributed by atoms with Gasteiger partial charge in [-0.2, -0.15) is 0 Å². The number of hydrogen-bond donors (Lipinski definition) is 0. The second-order valence-corrected chi connectivity index (χ2v) is 12.3. The van der Waals surface area contributed by atoms with Crippen molar-refractivity contribution >= 4 is 17.7 Å². The van der Waals surface area contributed by atoms with Gasteiger partial charge in [-0.3, -0.25) is 0 Å². The first-order valence-electron chi connectivity index (χ1n) is 14.9. The van der Waals surface area contributed by atoms with Crippen molar-refractivity contribution in [1.82, 2.24) is 0 Å². The standard InChI is InChI=1S/C32H48ClFO/c1-3-5-22-35-30-21-20-29(32(34)31(30)33)15-10-24-8-13-26(14-9-24)28-18-16-27(17-19-28)25-11-6-23(4-2)7-12-25/h10,15,20-21,23-28H,3-9,11-14,16-19,22H2,1-2H3/b15-10+. The molecule has 0 spiro atoms. The van der Waals surface area contributed by atoms with E-state index in [2.05, 4.69) is 19.9 Å². The fourth-order valence-electron chi connectivity index (χ4n) is 7.32. The number of benzene rings is 1. The summed E-state index contributed by atoms with van der Waals surface area (Å²) in [6.07, 6.45) is 24.7. The quantitative estimate of drug-likeness (QED) is 0.305. The molecular weight excluding hydrogens is 455 g/mol. The van der Waals surface area contributed by atoms with Crippen LogP contribution < -0.4 is 4.74 Å². The predicted molar refractivity (Wildman–Crippen MR) is 147 cm³/mol. The largest absolute Gasteiger partial charge is 0.492 e. The zero-order chi connectivity index (χ0) is 24.6. The van der Waals surface area contributed by atoms with Gasteiger partial charge >= 0.3 is 0 Å². The highest BCUT2D eigenvalue weighted by Crippen LogP contribution is 2.46. The lowest BCUT2D eigenvalue weighted by Crippen LogP contribution is -2.29. The second-order valence-electron chi connectivity index (χ2n) is 11.9. The van der Waals surface area contributed by atoms with Crippen LogP contribution in [0.4, 0.5) is 4.39 Å². The van der Waals surface area contributed by atoms with Gasteiger partial charge in [0.05, 0.1) is 6.61 Å². The van der Waals surface area contributed by atoms with Crippen LogP contribution >= 0.6 is 11.6 Å². The molecule has 1 nitrogen and oxygen atoms in total. The Balaban J connectivity index is 1.20. The van der Waals surface area contributed by atoms with Crippen LogP contribution in [0.25, 0.3) is 6.08 Å². The number of ether oxygens (including phenoxy) is 1. The summed E-state index contributed by atoms with van der Waals surface area (Å²) in [6.45, 7) is 5.06. The van der Waals surface area contributed by atoms with E-state index in [1.54, 1.807) is 6.07 Å². The van der Waals surface area contributed by atoms with Gasteiger partial charge in [0.1, 0.15) is 10.8 Å². The van der Waals surface area contributed by atoms with Crippen molar-refractivity contribution in [1.29, 1.82) is 0 Å². The first-order chi connectivity index (χ1) is 17.1. The van der Waals surface area contributed by atoms with Gasteiger partial charge in [0.15, 0.2) is 5.82 Å². The molecule has 3 saturated carbocycles. The van der Waals surface area contributed by atoms with E-state index in [0.29, 0.717) is 23.8 Å². The van der Waals surface area contributed by atoms with E-state index in [9.17, 15) is 4.39 Å². The van der Waals surface area contributed by atoms with E-state index in [-0.39, 0.29) is 10.8 Å². The van der Waals surface area contributed by atoms with Crippen molar-refractivity contribution in [2.24, 2.45) is 35.5 Å². The molecule has 0 saturated heterocycles. The van der Waals surface area contributed by atoms with E-state index >= 15 is 0 Å². The van der Waals surface area contributed by atoms with Crippen molar-refractivity contribution in [2.45, 2.75) is 110 Å². The molecule has 0 unspecified atom stereocenters. The Morgan fingerprint density at radius 2 is 1.37 bits per heavy atom. The molecule has 196 valence electrons. The Hall–Kier alpha value is -1.02. The zero-order valence-electron chi connectivity index (χ0n) is 22.3. The first-order valence-corrected chi connectivity index (χ1v) is 15.3. The Kier molecular flexibility index (Phi) is 10.4. The van der Waals surface area contributed by atoms with Crippen molar-refractivity contribution in [3.8, 4) is 5.75 Å². The number of halogens is 2. The molecule has 35 heavy (non-hydrogen) atoms. The number of unbranched alkanes of at least 4 members (excludes halogenated alkanes) is 1. The lowest BCUT2D eigenvalue weighted by molar-refractivity contribution is 0.108. The average molecular weight is 503 g/mol. The summed E-state index contributed by atoms with van der Waals surface area (Å²) in [7, 11) is 0. The van der Waals surface area contributed by atoms with Crippen molar-refractivity contribution in [2.75, 3.05) is 6.61 Å². The molecule has 1 aromatic rings. The highest BCUT2D eigenvalue weighted by molar-refractivity contribution is 6.32. The molecule has 0 radical (unpaired) electrons. The zero-order valence-corrected chi connectivity index (χ0v) is 23.0. The average Bonchev–Trinajstić information content (AvgIpc) is 2.91. The lowest BCUT2D eigenvalue weighted by atomic mass is 9.65. The van der Waals surface area contributed by atoms with Crippen molar-refractivity contribution in [3.05, 3.63) is 34.6 Å². The van der Waals surface area contributed by atoms with Crippen molar-refractivity contribution < 1.29 is 9.13 Å². The molecule has 0 atom stereocenters. The molecule has 0 amide bonds. The maximum Gasteiger partial charge on any atom is 0.152 e. The van der Waals surface area contributed by atoms with Gasteiger partial charge in [-0.1, -0.05) is 63.3 Å². The van der Waals surface area contributed by atoms with Gasteiger partial charge in [-0.25, -0.2) is 4.39 Å². The van der Waals surface area contributed by atoms with Gasteiger partial charge in [-0.15, -0.1) is 0 Å². The molecule has 3 aliphatic carbocycles. The van der Waals surface area contributed by atoms with E-state index in [1.807, 2.05) is 12.1 Å². The van der Waals surface area contributed by atoms with Crippen LogP contribution in [0.15, 0.2) is 18.2 Å². The SMILES string of the molecule is CCCCOc1ccc(/C=C/C2CCC(C3CCC(C4CCC(CC)CC4)CC3)CC2)c(F)c1Cl. The summed E-state index contributed by atoms with van der Waals surface area (Å²) in [5.41, 5.74) is 0.575. The fraction of sp³-hybridized carbons (Fsp3) is 0.750. The van der Waals surface area contributed by atoms with Crippen LogP contribution in [0, 0.1) is 41.3 Å². The van der Waals surface area contributed by atoms with Crippen LogP contribution in [-0.4, -0.2) is 6.61 Å². The summed E-state index contributed by atoms with van der Waals surface area (Å²) < 4.78 is 20.4. The molecule has 3 heteroatoms. The van der Waals surface area contributed by atoms with Crippen molar-refractivity contribution in [3.63, 3.8) is 0 Å². The minimum atomic E-state index is -0.356.